The van der Waals surface area contributed by atoms with Crippen LogP contribution >= 0.6 is 23.4 Å². The highest BCUT2D eigenvalue weighted by Crippen LogP contribution is 2.29. The van der Waals surface area contributed by atoms with Gasteiger partial charge in [-0.15, -0.1) is 0 Å². The number of aliphatic hydroxyl groups excluding tert-OH is 2. The van der Waals surface area contributed by atoms with Gasteiger partial charge in [0, 0.05) is 29.4 Å². The van der Waals surface area contributed by atoms with Crippen LogP contribution in [0.5, 0.6) is 0 Å². The summed E-state index contributed by atoms with van der Waals surface area (Å²) >= 11 is 6.89. The molecule has 5 atom stereocenters. The number of ether oxygens (including phenoxy) is 2. The van der Waals surface area contributed by atoms with Crippen LogP contribution in [0, 0.1) is 22.9 Å². The molecule has 1 fully saturated rings. The fourth-order valence-corrected chi connectivity index (χ4v) is 3.68. The summed E-state index contributed by atoms with van der Waals surface area (Å²) in [4.78, 5) is 0. The first kappa shape index (κ1) is 26.5. The molecule has 1 aromatic carbocycles. The molecule has 1 heterocycles. The second kappa shape index (κ2) is 11.9. The van der Waals surface area contributed by atoms with Gasteiger partial charge in [-0.25, -0.2) is 13.2 Å². The number of thioether (sulfide) groups is 1. The molecule has 0 bridgehead atoms. The zero-order valence-electron chi connectivity index (χ0n) is 16.9. The van der Waals surface area contributed by atoms with Crippen molar-refractivity contribution in [3.05, 3.63) is 52.5 Å². The van der Waals surface area contributed by atoms with Crippen LogP contribution in [0.3, 0.4) is 0 Å². The predicted octanol–water partition coefficient (Wildman–Crippen LogP) is 1.55. The van der Waals surface area contributed by atoms with Gasteiger partial charge in [0.25, 0.3) is 0 Å². The first-order valence-electron chi connectivity index (χ1n) is 9.35. The molecule has 32 heavy (non-hydrogen) atoms. The van der Waals surface area contributed by atoms with Gasteiger partial charge in [-0.2, -0.15) is 0 Å². The van der Waals surface area contributed by atoms with E-state index in [0.717, 1.165) is 23.9 Å². The van der Waals surface area contributed by atoms with Gasteiger partial charge in [0.05, 0.1) is 17.3 Å². The molecule has 13 heteroatoms. The SMILES string of the molecule is CC(N)/C(Cl)=C\C(=N)SC1OC(CO)C(O)O[C@H]1CN/C=C(\N)c1cc(F)c(F)c(F)c1. The maximum absolute atomic E-state index is 13.4. The Hall–Kier alpha value is -1.80. The van der Waals surface area contributed by atoms with Gasteiger partial charge < -0.3 is 36.5 Å². The van der Waals surface area contributed by atoms with Crippen molar-refractivity contribution in [3.8, 4) is 0 Å². The normalized spacial score (nSPS) is 25.5. The molecule has 178 valence electrons. The predicted molar refractivity (Wildman–Crippen MR) is 116 cm³/mol. The molecule has 1 aromatic rings. The van der Waals surface area contributed by atoms with Gasteiger partial charge in [0.1, 0.15) is 17.6 Å². The van der Waals surface area contributed by atoms with E-state index in [0.29, 0.717) is 0 Å². The number of halogens is 4. The van der Waals surface area contributed by atoms with Gasteiger partial charge in [0.15, 0.2) is 23.7 Å². The summed E-state index contributed by atoms with van der Waals surface area (Å²) in [5, 5.41) is 30.4. The third kappa shape index (κ3) is 7.10. The summed E-state index contributed by atoms with van der Waals surface area (Å²) in [6.45, 7) is 1.13. The minimum Gasteiger partial charge on any atom is -0.397 e. The minimum atomic E-state index is -1.60. The smallest absolute Gasteiger partial charge is 0.194 e. The first-order chi connectivity index (χ1) is 15.0. The molecule has 0 saturated carbocycles. The summed E-state index contributed by atoms with van der Waals surface area (Å²) in [5.41, 5.74) is 10.4. The van der Waals surface area contributed by atoms with E-state index < -0.39 is 54.0 Å². The molecule has 1 aliphatic rings. The monoisotopic (exact) mass is 496 g/mol. The quantitative estimate of drug-likeness (QED) is 0.180. The van der Waals surface area contributed by atoms with Crippen molar-refractivity contribution in [2.45, 2.75) is 36.9 Å². The Balaban J connectivity index is 2.09. The van der Waals surface area contributed by atoms with Crippen molar-refractivity contribution in [1.82, 2.24) is 5.32 Å². The van der Waals surface area contributed by atoms with Crippen LogP contribution in [0.2, 0.25) is 0 Å². The number of hydrogen-bond acceptors (Lipinski definition) is 9. The van der Waals surface area contributed by atoms with E-state index in [2.05, 4.69) is 5.32 Å². The number of nitrogens with one attached hydrogen (secondary N) is 2. The maximum atomic E-state index is 13.4. The largest absolute Gasteiger partial charge is 0.397 e. The van der Waals surface area contributed by atoms with E-state index in [-0.39, 0.29) is 27.9 Å². The van der Waals surface area contributed by atoms with Crippen molar-refractivity contribution in [1.29, 1.82) is 5.41 Å². The maximum Gasteiger partial charge on any atom is 0.194 e. The summed E-state index contributed by atoms with van der Waals surface area (Å²) in [7, 11) is 0. The second-order valence-electron chi connectivity index (χ2n) is 6.85. The van der Waals surface area contributed by atoms with Crippen LogP contribution in [0.4, 0.5) is 13.2 Å². The van der Waals surface area contributed by atoms with Gasteiger partial charge in [-0.05, 0) is 25.1 Å². The highest BCUT2D eigenvalue weighted by Gasteiger charge is 2.38. The number of nitrogens with two attached hydrogens (primary N) is 2. The average molecular weight is 497 g/mol. The van der Waals surface area contributed by atoms with Gasteiger partial charge in [0.2, 0.25) is 0 Å². The van der Waals surface area contributed by atoms with Crippen LogP contribution in [-0.4, -0.2) is 58.4 Å². The molecule has 1 aliphatic heterocycles. The van der Waals surface area contributed by atoms with Crippen LogP contribution in [0.25, 0.3) is 5.70 Å². The topological polar surface area (TPSA) is 147 Å². The number of benzene rings is 1. The lowest BCUT2D eigenvalue weighted by Gasteiger charge is -2.38. The molecule has 0 aliphatic carbocycles. The average Bonchev–Trinajstić information content (AvgIpc) is 2.72. The van der Waals surface area contributed by atoms with Crippen molar-refractivity contribution < 1.29 is 32.9 Å². The minimum absolute atomic E-state index is 0.00223. The molecular weight excluding hydrogens is 473 g/mol. The lowest BCUT2D eigenvalue weighted by molar-refractivity contribution is -0.269. The van der Waals surface area contributed by atoms with E-state index in [4.69, 9.17) is 38.0 Å². The molecule has 1 saturated heterocycles. The molecule has 0 spiro atoms. The van der Waals surface area contributed by atoms with Gasteiger partial charge >= 0.3 is 0 Å². The molecule has 0 aromatic heterocycles. The summed E-state index contributed by atoms with van der Waals surface area (Å²) in [6, 6.07) is 1.02. The summed E-state index contributed by atoms with van der Waals surface area (Å²) in [5.74, 6) is -4.37. The molecule has 2 rings (SSSR count). The Morgan fingerprint density at radius 3 is 2.50 bits per heavy atom. The van der Waals surface area contributed by atoms with E-state index in [9.17, 15) is 23.4 Å². The zero-order valence-corrected chi connectivity index (χ0v) is 18.5. The fraction of sp³-hybridized carbons (Fsp3) is 0.421. The highest BCUT2D eigenvalue weighted by atomic mass is 35.5. The van der Waals surface area contributed by atoms with E-state index in [1.54, 1.807) is 6.92 Å². The Bertz CT molecular complexity index is 867. The van der Waals surface area contributed by atoms with Crippen molar-refractivity contribution >= 4 is 34.1 Å². The molecule has 0 amide bonds. The lowest BCUT2D eigenvalue weighted by atomic mass is 10.1. The summed E-state index contributed by atoms with van der Waals surface area (Å²) < 4.78 is 51.0. The second-order valence-corrected chi connectivity index (χ2v) is 8.43. The number of rotatable bonds is 8. The fourth-order valence-electron chi connectivity index (χ4n) is 2.55. The van der Waals surface area contributed by atoms with E-state index >= 15 is 0 Å². The molecule has 4 unspecified atom stereocenters. The number of aliphatic hydroxyl groups is 2. The molecule has 8 N–H and O–H groups in total. The Morgan fingerprint density at radius 1 is 1.31 bits per heavy atom. The van der Waals surface area contributed by atoms with Crippen molar-refractivity contribution in [2.24, 2.45) is 11.5 Å². The highest BCUT2D eigenvalue weighted by molar-refractivity contribution is 8.14. The van der Waals surface area contributed by atoms with Crippen molar-refractivity contribution in [2.75, 3.05) is 13.2 Å². The lowest BCUT2D eigenvalue weighted by Crippen LogP contribution is -2.52. The summed E-state index contributed by atoms with van der Waals surface area (Å²) in [6.07, 6.45) is -0.719. The van der Waals surface area contributed by atoms with Gasteiger partial charge in [-0.3, -0.25) is 5.41 Å². The van der Waals surface area contributed by atoms with Crippen LogP contribution in [0.1, 0.15) is 12.5 Å². The zero-order chi connectivity index (χ0) is 24.0. The van der Waals surface area contributed by atoms with Crippen LogP contribution < -0.4 is 16.8 Å². The van der Waals surface area contributed by atoms with E-state index in [1.165, 1.54) is 12.3 Å². The van der Waals surface area contributed by atoms with Crippen molar-refractivity contribution in [3.63, 3.8) is 0 Å². The third-order valence-corrected chi connectivity index (χ3v) is 5.74. The number of hydrogen-bond donors (Lipinski definition) is 6. The van der Waals surface area contributed by atoms with Crippen LogP contribution in [-0.2, 0) is 9.47 Å². The van der Waals surface area contributed by atoms with Gasteiger partial charge in [-0.1, -0.05) is 23.4 Å². The Morgan fingerprint density at radius 2 is 1.94 bits per heavy atom. The third-order valence-electron chi connectivity index (χ3n) is 4.27. The van der Waals surface area contributed by atoms with E-state index in [1.807, 2.05) is 0 Å². The molecule has 8 nitrogen and oxygen atoms in total. The Labute approximate surface area is 191 Å². The van der Waals surface area contributed by atoms with Crippen LogP contribution in [0.15, 0.2) is 29.4 Å². The molecular formula is C19H24ClF3N4O4S. The first-order valence-corrected chi connectivity index (χ1v) is 10.6. The standard InChI is InChI=1S/C19H24ClF3N4O4S/c1-8(24)10(20)4-16(26)32-19-14(30-18(29)15(7-28)31-19)6-27-5-13(25)9-2-11(21)17(23)12(22)3-9/h2-5,8,14-15,18-19,26-29H,6-7,24-25H2,1H3/b10-4+,13-5-,26-16?/t8?,14-,15?,18?,19?/m0/s1. The molecule has 0 radical (unpaired) electrons. The Kier molecular flexibility index (Phi) is 9.83.